The Bertz CT molecular complexity index is 365. The van der Waals surface area contributed by atoms with Gasteiger partial charge in [0.15, 0.2) is 0 Å². The minimum atomic E-state index is -0.383. The summed E-state index contributed by atoms with van der Waals surface area (Å²) >= 11 is 4.78. The molecule has 1 rings (SSSR count). The van der Waals surface area contributed by atoms with Gasteiger partial charge in [0.2, 0.25) is 0 Å². The van der Waals surface area contributed by atoms with Crippen LogP contribution in [-0.4, -0.2) is 18.3 Å². The lowest BCUT2D eigenvalue weighted by Gasteiger charge is -2.00. The molecule has 1 aromatic carbocycles. The van der Waals surface area contributed by atoms with E-state index in [1.54, 1.807) is 17.5 Å². The lowest BCUT2D eigenvalue weighted by molar-refractivity contribution is -0.128. The monoisotopic (exact) mass is 301 g/mol. The molecule has 0 aliphatic heterocycles. The van der Waals surface area contributed by atoms with Crippen molar-refractivity contribution < 1.29 is 9.53 Å². The summed E-state index contributed by atoms with van der Waals surface area (Å²) in [7, 11) is 0. The fraction of sp³-hybridized carbons (Fsp3) is 0.182. The quantitative estimate of drug-likeness (QED) is 0.393. The number of esters is 1. The smallest absolute Gasteiger partial charge is 0.336 e. The van der Waals surface area contributed by atoms with Crippen molar-refractivity contribution in [3.63, 3.8) is 0 Å². The summed E-state index contributed by atoms with van der Waals surface area (Å²) in [6.45, 7) is 0.594. The molecule has 0 saturated carbocycles. The summed E-state index contributed by atoms with van der Waals surface area (Å²) < 4.78 is 6.00. The van der Waals surface area contributed by atoms with Gasteiger partial charge in [0.1, 0.15) is 5.75 Å². The van der Waals surface area contributed by atoms with Crippen LogP contribution in [0, 0.1) is 0 Å². The molecular formula is C11H12BrNO2S. The fourth-order valence-corrected chi connectivity index (χ4v) is 1.64. The second-order valence-corrected chi connectivity index (χ2v) is 4.77. The molecule has 86 valence electrons. The van der Waals surface area contributed by atoms with E-state index in [1.807, 2.05) is 12.1 Å². The van der Waals surface area contributed by atoms with Crippen LogP contribution in [0.4, 0.5) is 0 Å². The molecule has 3 nitrogen and oxygen atoms in total. The first-order valence-electron chi connectivity index (χ1n) is 4.68. The van der Waals surface area contributed by atoms with Crippen molar-refractivity contribution >= 4 is 33.7 Å². The van der Waals surface area contributed by atoms with Gasteiger partial charge in [-0.15, -0.1) is 11.8 Å². The highest BCUT2D eigenvalue weighted by Crippen LogP contribution is 2.16. The third-order valence-corrected chi connectivity index (χ3v) is 2.90. The largest absolute Gasteiger partial charge is 0.423 e. The number of halogens is 1. The second kappa shape index (κ2) is 7.49. The maximum absolute atomic E-state index is 11.3. The first-order chi connectivity index (χ1) is 7.72. The number of thioether (sulfide) groups is 1. The number of ether oxygens (including phenoxy) is 1. The van der Waals surface area contributed by atoms with Gasteiger partial charge in [-0.1, -0.05) is 15.9 Å². The van der Waals surface area contributed by atoms with Gasteiger partial charge in [-0.3, -0.25) is 0 Å². The Balaban J connectivity index is 2.39. The lowest BCUT2D eigenvalue weighted by atomic mass is 10.3. The normalized spacial score (nSPS) is 10.6. The van der Waals surface area contributed by atoms with Gasteiger partial charge >= 0.3 is 5.97 Å². The highest BCUT2D eigenvalue weighted by molar-refractivity contribution is 9.10. The zero-order chi connectivity index (χ0) is 11.8. The molecule has 0 aliphatic rings. The van der Waals surface area contributed by atoms with Gasteiger partial charge in [-0.05, 0) is 29.7 Å². The SMILES string of the molecule is NCCS/C=C/C(=O)Oc1ccc(Br)cc1. The number of carbonyl (C=O) groups excluding carboxylic acids is 1. The van der Waals surface area contributed by atoms with E-state index in [0.29, 0.717) is 12.3 Å². The van der Waals surface area contributed by atoms with Crippen LogP contribution in [-0.2, 0) is 4.79 Å². The molecule has 1 aromatic rings. The molecule has 0 saturated heterocycles. The summed E-state index contributed by atoms with van der Waals surface area (Å²) in [4.78, 5) is 11.3. The number of hydrogen-bond donors (Lipinski definition) is 1. The van der Waals surface area contributed by atoms with Crippen molar-refractivity contribution in [1.29, 1.82) is 0 Å². The van der Waals surface area contributed by atoms with Gasteiger partial charge in [-0.2, -0.15) is 0 Å². The van der Waals surface area contributed by atoms with E-state index in [1.165, 1.54) is 17.8 Å². The summed E-state index contributed by atoms with van der Waals surface area (Å²) in [5.41, 5.74) is 5.31. The van der Waals surface area contributed by atoms with E-state index in [4.69, 9.17) is 10.5 Å². The van der Waals surface area contributed by atoms with E-state index >= 15 is 0 Å². The molecule has 0 heterocycles. The average molecular weight is 302 g/mol. The summed E-state index contributed by atoms with van der Waals surface area (Å²) in [5.74, 6) is 0.940. The minimum Gasteiger partial charge on any atom is -0.423 e. The summed E-state index contributed by atoms with van der Waals surface area (Å²) in [5, 5.41) is 1.69. The predicted molar refractivity (Wildman–Crippen MR) is 70.4 cm³/mol. The van der Waals surface area contributed by atoms with Crippen LogP contribution >= 0.6 is 27.7 Å². The van der Waals surface area contributed by atoms with Crippen molar-refractivity contribution in [1.82, 2.24) is 0 Å². The number of carbonyl (C=O) groups is 1. The van der Waals surface area contributed by atoms with Crippen molar-refractivity contribution in [2.75, 3.05) is 12.3 Å². The number of nitrogens with two attached hydrogens (primary N) is 1. The Morgan fingerprint density at radius 2 is 2.12 bits per heavy atom. The minimum absolute atomic E-state index is 0.383. The van der Waals surface area contributed by atoms with Crippen LogP contribution < -0.4 is 10.5 Å². The van der Waals surface area contributed by atoms with E-state index < -0.39 is 0 Å². The number of benzene rings is 1. The van der Waals surface area contributed by atoms with Crippen LogP contribution in [0.1, 0.15) is 0 Å². The molecule has 0 amide bonds. The Kier molecular flexibility index (Phi) is 6.22. The van der Waals surface area contributed by atoms with Crippen molar-refractivity contribution in [2.45, 2.75) is 0 Å². The third kappa shape index (κ3) is 5.34. The Labute approximate surface area is 107 Å². The van der Waals surface area contributed by atoms with Gasteiger partial charge in [0, 0.05) is 22.8 Å². The van der Waals surface area contributed by atoms with Crippen LogP contribution in [0.15, 0.2) is 40.2 Å². The van der Waals surface area contributed by atoms with Crippen LogP contribution in [0.25, 0.3) is 0 Å². The molecule has 0 unspecified atom stereocenters. The van der Waals surface area contributed by atoms with Crippen LogP contribution in [0.2, 0.25) is 0 Å². The topological polar surface area (TPSA) is 52.3 Å². The molecule has 0 radical (unpaired) electrons. The maximum atomic E-state index is 11.3. The molecule has 0 aromatic heterocycles. The molecule has 0 atom stereocenters. The van der Waals surface area contributed by atoms with Gasteiger partial charge < -0.3 is 10.5 Å². The number of rotatable bonds is 5. The third-order valence-electron chi connectivity index (χ3n) is 1.57. The molecular weight excluding hydrogens is 290 g/mol. The first kappa shape index (κ1) is 13.3. The Morgan fingerprint density at radius 1 is 1.44 bits per heavy atom. The van der Waals surface area contributed by atoms with E-state index in [2.05, 4.69) is 15.9 Å². The Morgan fingerprint density at radius 3 is 2.75 bits per heavy atom. The predicted octanol–water partition coefficient (Wildman–Crippen LogP) is 2.56. The van der Waals surface area contributed by atoms with E-state index in [-0.39, 0.29) is 5.97 Å². The van der Waals surface area contributed by atoms with Crippen molar-refractivity contribution in [3.05, 3.63) is 40.2 Å². The maximum Gasteiger partial charge on any atom is 0.336 e. The van der Waals surface area contributed by atoms with Crippen LogP contribution in [0.5, 0.6) is 5.75 Å². The molecule has 2 N–H and O–H groups in total. The highest BCUT2D eigenvalue weighted by Gasteiger charge is 1.99. The summed E-state index contributed by atoms with van der Waals surface area (Å²) in [6, 6.07) is 7.08. The Hall–Kier alpha value is -0.780. The van der Waals surface area contributed by atoms with Gasteiger partial charge in [-0.25, -0.2) is 4.79 Å². The van der Waals surface area contributed by atoms with Crippen molar-refractivity contribution in [2.24, 2.45) is 5.73 Å². The molecule has 0 fully saturated rings. The molecule has 0 aliphatic carbocycles. The molecule has 16 heavy (non-hydrogen) atoms. The fourth-order valence-electron chi connectivity index (χ4n) is 0.893. The van der Waals surface area contributed by atoms with Crippen molar-refractivity contribution in [3.8, 4) is 5.75 Å². The first-order valence-corrected chi connectivity index (χ1v) is 6.52. The zero-order valence-corrected chi connectivity index (χ0v) is 11.0. The summed E-state index contributed by atoms with van der Waals surface area (Å²) in [6.07, 6.45) is 1.39. The van der Waals surface area contributed by atoms with Gasteiger partial charge in [0.05, 0.1) is 0 Å². The average Bonchev–Trinajstić information content (AvgIpc) is 2.28. The number of hydrogen-bond acceptors (Lipinski definition) is 4. The molecule has 5 heteroatoms. The van der Waals surface area contributed by atoms with Crippen LogP contribution in [0.3, 0.4) is 0 Å². The second-order valence-electron chi connectivity index (χ2n) is 2.84. The van der Waals surface area contributed by atoms with E-state index in [0.717, 1.165) is 10.2 Å². The highest BCUT2D eigenvalue weighted by atomic mass is 79.9. The standard InChI is InChI=1S/C11H12BrNO2S/c12-9-1-3-10(4-2-9)15-11(14)5-7-16-8-6-13/h1-5,7H,6,8,13H2/b7-5+. The lowest BCUT2D eigenvalue weighted by Crippen LogP contribution is -2.03. The van der Waals surface area contributed by atoms with E-state index in [9.17, 15) is 4.79 Å². The van der Waals surface area contributed by atoms with Gasteiger partial charge in [0.25, 0.3) is 0 Å². The molecule has 0 bridgehead atoms. The molecule has 0 spiro atoms. The zero-order valence-electron chi connectivity index (χ0n) is 8.56.